The van der Waals surface area contributed by atoms with Gasteiger partial charge in [-0.3, -0.25) is 9.38 Å². The molecule has 0 aliphatic carbocycles. The zero-order valence-corrected chi connectivity index (χ0v) is 15.5. The molecule has 2 atom stereocenters. The second kappa shape index (κ2) is 7.43. The maximum atomic E-state index is 14.1. The molecule has 1 N–H and O–H groups in total. The summed E-state index contributed by atoms with van der Waals surface area (Å²) in [5.74, 6) is 1.39. The minimum atomic E-state index is -0.851. The molecule has 0 amide bonds. The molecule has 1 aliphatic heterocycles. The summed E-state index contributed by atoms with van der Waals surface area (Å²) in [6.45, 7) is 1.68. The van der Waals surface area contributed by atoms with Crippen molar-refractivity contribution in [3.63, 3.8) is 0 Å². The number of halogens is 1. The maximum Gasteiger partial charge on any atom is 0.226 e. The van der Waals surface area contributed by atoms with E-state index >= 15 is 0 Å². The van der Waals surface area contributed by atoms with Crippen molar-refractivity contribution >= 4 is 17.4 Å². The number of rotatable bonds is 6. The molecule has 1 aliphatic rings. The second-order valence-corrected chi connectivity index (χ2v) is 6.93. The summed E-state index contributed by atoms with van der Waals surface area (Å²) in [7, 11) is 3.79. The van der Waals surface area contributed by atoms with Crippen LogP contribution in [0, 0.1) is 0 Å². The molecule has 8 nitrogen and oxygen atoms in total. The van der Waals surface area contributed by atoms with Gasteiger partial charge in [0.05, 0.1) is 24.6 Å². The van der Waals surface area contributed by atoms with Crippen molar-refractivity contribution in [3.8, 4) is 0 Å². The zero-order valence-electron chi connectivity index (χ0n) is 15.5. The van der Waals surface area contributed by atoms with Crippen LogP contribution in [0.4, 0.5) is 16.2 Å². The van der Waals surface area contributed by atoms with Crippen molar-refractivity contribution in [3.05, 3.63) is 42.7 Å². The highest BCUT2D eigenvalue weighted by molar-refractivity contribution is 5.45. The van der Waals surface area contributed by atoms with E-state index in [4.69, 9.17) is 0 Å². The minimum absolute atomic E-state index is 0.0470. The van der Waals surface area contributed by atoms with E-state index in [1.165, 1.54) is 0 Å². The summed E-state index contributed by atoms with van der Waals surface area (Å²) in [6.07, 6.45) is 8.56. The van der Waals surface area contributed by atoms with Crippen LogP contribution in [-0.2, 0) is 6.54 Å². The molecule has 0 unspecified atom stereocenters. The van der Waals surface area contributed by atoms with E-state index in [1.807, 2.05) is 46.8 Å². The fraction of sp³-hybridized carbons (Fsp3) is 0.444. The van der Waals surface area contributed by atoms with Crippen molar-refractivity contribution in [2.24, 2.45) is 0 Å². The third-order valence-electron chi connectivity index (χ3n) is 4.77. The van der Waals surface area contributed by atoms with E-state index in [9.17, 15) is 4.39 Å². The van der Waals surface area contributed by atoms with E-state index in [0.717, 1.165) is 17.2 Å². The van der Waals surface area contributed by atoms with Crippen molar-refractivity contribution in [1.29, 1.82) is 0 Å². The van der Waals surface area contributed by atoms with Gasteiger partial charge < -0.3 is 15.1 Å². The largest absolute Gasteiger partial charge is 0.349 e. The quantitative estimate of drug-likeness (QED) is 0.701. The highest BCUT2D eigenvalue weighted by Gasteiger charge is 2.33. The number of hydrogen-bond acceptors (Lipinski definition) is 7. The van der Waals surface area contributed by atoms with Crippen molar-refractivity contribution < 1.29 is 4.39 Å². The first-order valence-corrected chi connectivity index (χ1v) is 8.99. The first-order chi connectivity index (χ1) is 13.1. The highest BCUT2D eigenvalue weighted by atomic mass is 19.1. The van der Waals surface area contributed by atoms with E-state index in [0.29, 0.717) is 32.0 Å². The van der Waals surface area contributed by atoms with Crippen molar-refractivity contribution in [2.75, 3.05) is 37.0 Å². The number of nitrogens with zero attached hydrogens (tertiary/aromatic N) is 7. The number of alkyl halides is 1. The summed E-state index contributed by atoms with van der Waals surface area (Å²) in [4.78, 5) is 21.1. The lowest BCUT2D eigenvalue weighted by molar-refractivity contribution is 0.354. The van der Waals surface area contributed by atoms with Gasteiger partial charge in [0.2, 0.25) is 5.95 Å². The average molecular weight is 370 g/mol. The molecular weight excluding hydrogens is 347 g/mol. The minimum Gasteiger partial charge on any atom is -0.349 e. The van der Waals surface area contributed by atoms with Gasteiger partial charge >= 0.3 is 0 Å². The predicted molar refractivity (Wildman–Crippen MR) is 102 cm³/mol. The molecule has 0 bridgehead atoms. The molecule has 0 radical (unpaired) electrons. The number of hydrogen-bond donors (Lipinski definition) is 1. The first kappa shape index (κ1) is 17.6. The molecule has 1 saturated heterocycles. The normalized spacial score (nSPS) is 19.7. The lowest BCUT2D eigenvalue weighted by atomic mass is 10.2. The van der Waals surface area contributed by atoms with Crippen LogP contribution >= 0.6 is 0 Å². The van der Waals surface area contributed by atoms with Crippen molar-refractivity contribution in [2.45, 2.75) is 25.2 Å². The Hall–Kier alpha value is -2.81. The monoisotopic (exact) mass is 370 g/mol. The predicted octanol–water partition coefficient (Wildman–Crippen LogP) is 1.29. The average Bonchev–Trinajstić information content (AvgIpc) is 3.25. The Kier molecular flexibility index (Phi) is 4.85. The maximum absolute atomic E-state index is 14.1. The van der Waals surface area contributed by atoms with Crippen LogP contribution in [0.25, 0.3) is 5.65 Å². The van der Waals surface area contributed by atoms with Crippen LogP contribution in [0.5, 0.6) is 0 Å². The molecule has 4 rings (SSSR count). The zero-order chi connectivity index (χ0) is 18.8. The van der Waals surface area contributed by atoms with Gasteiger partial charge in [-0.2, -0.15) is 4.98 Å². The van der Waals surface area contributed by atoms with Gasteiger partial charge in [-0.1, -0.05) is 0 Å². The van der Waals surface area contributed by atoms with Gasteiger partial charge in [-0.25, -0.2) is 14.4 Å². The number of imidazole rings is 1. The number of anilines is 2. The van der Waals surface area contributed by atoms with E-state index in [-0.39, 0.29) is 6.04 Å². The van der Waals surface area contributed by atoms with Crippen LogP contribution in [0.3, 0.4) is 0 Å². The molecule has 0 aromatic carbocycles. The van der Waals surface area contributed by atoms with Gasteiger partial charge in [-0.15, -0.1) is 0 Å². The fourth-order valence-corrected chi connectivity index (χ4v) is 3.44. The number of aromatic nitrogens is 5. The molecule has 3 aromatic heterocycles. The van der Waals surface area contributed by atoms with Crippen molar-refractivity contribution in [1.82, 2.24) is 29.7 Å². The Morgan fingerprint density at radius 2 is 2.15 bits per heavy atom. The molecule has 9 heteroatoms. The lowest BCUT2D eigenvalue weighted by Gasteiger charge is -2.26. The Bertz CT molecular complexity index is 911. The van der Waals surface area contributed by atoms with Gasteiger partial charge in [-0.05, 0) is 6.07 Å². The van der Waals surface area contributed by atoms with E-state index in [2.05, 4.69) is 25.3 Å². The Morgan fingerprint density at radius 3 is 3.00 bits per heavy atom. The Labute approximate surface area is 157 Å². The third-order valence-corrected chi connectivity index (χ3v) is 4.77. The fourth-order valence-electron chi connectivity index (χ4n) is 3.44. The summed E-state index contributed by atoms with van der Waals surface area (Å²) in [5, 5.41) is 3.44. The van der Waals surface area contributed by atoms with Crippen LogP contribution in [-0.4, -0.2) is 63.7 Å². The smallest absolute Gasteiger partial charge is 0.226 e. The Balaban J connectivity index is 1.43. The van der Waals surface area contributed by atoms with Crippen LogP contribution in [0.1, 0.15) is 12.1 Å². The topological polar surface area (TPSA) is 74.5 Å². The summed E-state index contributed by atoms with van der Waals surface area (Å²) < 4.78 is 16.1. The number of fused-ring (bicyclic) bond motifs is 1. The van der Waals surface area contributed by atoms with Crippen LogP contribution in [0.15, 0.2) is 37.1 Å². The molecule has 3 aromatic rings. The summed E-state index contributed by atoms with van der Waals surface area (Å²) in [5.41, 5.74) is 1.86. The molecule has 4 heterocycles. The highest BCUT2D eigenvalue weighted by Crippen LogP contribution is 2.26. The third kappa shape index (κ3) is 3.68. The SMILES string of the molecule is CN(C)c1nccc(N2C[C@@H](F)C[C@H]2CNCc2cnc3cnccn23)n1. The number of nitrogens with one attached hydrogen (secondary N) is 1. The molecule has 0 spiro atoms. The van der Waals surface area contributed by atoms with Gasteiger partial charge in [0, 0.05) is 58.2 Å². The van der Waals surface area contributed by atoms with Gasteiger partial charge in [0.15, 0.2) is 5.65 Å². The Morgan fingerprint density at radius 1 is 1.26 bits per heavy atom. The lowest BCUT2D eigenvalue weighted by Crippen LogP contribution is -2.38. The molecule has 1 fully saturated rings. The van der Waals surface area contributed by atoms with E-state index in [1.54, 1.807) is 18.6 Å². The van der Waals surface area contributed by atoms with Crippen LogP contribution in [0.2, 0.25) is 0 Å². The van der Waals surface area contributed by atoms with Gasteiger partial charge in [0.1, 0.15) is 12.0 Å². The molecule has 142 valence electrons. The summed E-state index contributed by atoms with van der Waals surface area (Å²) in [6, 6.07) is 1.89. The van der Waals surface area contributed by atoms with Crippen LogP contribution < -0.4 is 15.1 Å². The molecule has 27 heavy (non-hydrogen) atoms. The van der Waals surface area contributed by atoms with Gasteiger partial charge in [0.25, 0.3) is 0 Å². The van der Waals surface area contributed by atoms with E-state index < -0.39 is 6.17 Å². The summed E-state index contributed by atoms with van der Waals surface area (Å²) >= 11 is 0. The standard InChI is InChI=1S/C18H23FN8/c1-25(2)18-22-4-3-16(24-18)27-12-13(19)7-14(27)8-21-9-15-10-23-17-11-20-5-6-26(15)17/h3-6,10-11,13-14,21H,7-9,12H2,1-2H3/t13-,14-/m0/s1. The molecule has 0 saturated carbocycles. The second-order valence-electron chi connectivity index (χ2n) is 6.93. The molecular formula is C18H23FN8. The first-order valence-electron chi connectivity index (χ1n) is 8.99.